The molecule has 1 fully saturated rings. The van der Waals surface area contributed by atoms with Crippen LogP contribution in [0.5, 0.6) is 0 Å². The van der Waals surface area contributed by atoms with Crippen LogP contribution < -0.4 is 0 Å². The van der Waals surface area contributed by atoms with E-state index in [1.54, 1.807) is 6.20 Å². The lowest BCUT2D eigenvalue weighted by Gasteiger charge is -2.27. The predicted octanol–water partition coefficient (Wildman–Crippen LogP) is 2.82. The molecule has 26 heavy (non-hydrogen) atoms. The van der Waals surface area contributed by atoms with Gasteiger partial charge in [0, 0.05) is 31.5 Å². The molecule has 0 aliphatic carbocycles. The molecule has 1 unspecified atom stereocenters. The van der Waals surface area contributed by atoms with Crippen molar-refractivity contribution in [1.82, 2.24) is 20.0 Å². The summed E-state index contributed by atoms with van der Waals surface area (Å²) in [6, 6.07) is 8.18. The molecule has 0 radical (unpaired) electrons. The fourth-order valence-corrected chi connectivity index (χ4v) is 2.93. The third kappa shape index (κ3) is 3.84. The zero-order chi connectivity index (χ0) is 17.9. The van der Waals surface area contributed by atoms with Gasteiger partial charge in [-0.2, -0.15) is 4.98 Å². The number of rotatable bonds is 5. The Hall–Kier alpha value is -2.51. The maximum absolute atomic E-state index is 5.84. The molecular weight excluding hydrogens is 332 g/mol. The van der Waals surface area contributed by atoms with Crippen molar-refractivity contribution >= 4 is 0 Å². The average molecular weight is 354 g/mol. The molecule has 2 aromatic heterocycles. The number of likely N-dealkylation sites (N-methyl/N-ethyl adjacent to an activating group) is 1. The van der Waals surface area contributed by atoms with Crippen molar-refractivity contribution in [3.05, 3.63) is 53.6 Å². The summed E-state index contributed by atoms with van der Waals surface area (Å²) in [5.41, 5.74) is 2.24. The molecule has 0 bridgehead atoms. The molecule has 3 heterocycles. The third-order valence-electron chi connectivity index (χ3n) is 4.48. The van der Waals surface area contributed by atoms with Crippen molar-refractivity contribution < 1.29 is 13.7 Å². The van der Waals surface area contributed by atoms with E-state index in [1.165, 1.54) is 5.56 Å². The van der Waals surface area contributed by atoms with Crippen molar-refractivity contribution in [1.29, 1.82) is 0 Å². The molecule has 7 nitrogen and oxygen atoms in total. The number of nitrogens with zero attached hydrogens (tertiary/aromatic N) is 4. The first kappa shape index (κ1) is 16.9. The number of ether oxygens (including phenoxy) is 1. The van der Waals surface area contributed by atoms with Gasteiger partial charge in [-0.1, -0.05) is 35.0 Å². The second-order valence-corrected chi connectivity index (χ2v) is 6.65. The van der Waals surface area contributed by atoms with Crippen LogP contribution in [0.4, 0.5) is 0 Å². The number of benzene rings is 1. The highest BCUT2D eigenvalue weighted by Crippen LogP contribution is 2.22. The first-order chi connectivity index (χ1) is 12.7. The van der Waals surface area contributed by atoms with Crippen molar-refractivity contribution in [2.24, 2.45) is 0 Å². The summed E-state index contributed by atoms with van der Waals surface area (Å²) in [6.07, 6.45) is 2.83. The number of hydrogen-bond acceptors (Lipinski definition) is 7. The number of aromatic nitrogens is 3. The Morgan fingerprint density at radius 2 is 1.96 bits per heavy atom. The summed E-state index contributed by atoms with van der Waals surface area (Å²) in [5, 5.41) is 4.06. The van der Waals surface area contributed by atoms with Gasteiger partial charge in [0.1, 0.15) is 6.10 Å². The van der Waals surface area contributed by atoms with Gasteiger partial charge in [-0.15, -0.1) is 0 Å². The van der Waals surface area contributed by atoms with E-state index in [0.29, 0.717) is 37.1 Å². The van der Waals surface area contributed by atoms with Crippen LogP contribution in [-0.2, 0) is 17.6 Å². The average Bonchev–Trinajstić information content (AvgIpc) is 3.30. The van der Waals surface area contributed by atoms with Gasteiger partial charge in [-0.25, -0.2) is 4.98 Å². The Kier molecular flexibility index (Phi) is 4.81. The largest absolute Gasteiger partial charge is 0.441 e. The number of hydrogen-bond donors (Lipinski definition) is 0. The van der Waals surface area contributed by atoms with Crippen LogP contribution in [0.15, 0.2) is 39.4 Å². The highest BCUT2D eigenvalue weighted by atomic mass is 16.5. The van der Waals surface area contributed by atoms with Crippen LogP contribution in [0.1, 0.15) is 29.3 Å². The molecule has 0 spiro atoms. The minimum absolute atomic E-state index is 0.124. The summed E-state index contributed by atoms with van der Waals surface area (Å²) < 4.78 is 16.9. The maximum atomic E-state index is 5.84. The number of morpholine rings is 1. The van der Waals surface area contributed by atoms with E-state index in [4.69, 9.17) is 13.7 Å². The fraction of sp³-hybridized carbons (Fsp3) is 0.421. The van der Waals surface area contributed by atoms with Gasteiger partial charge in [0.2, 0.25) is 11.7 Å². The molecule has 1 aliphatic rings. The molecule has 7 heteroatoms. The molecule has 1 atom stereocenters. The number of aryl methyl sites for hydroxylation is 3. The van der Waals surface area contributed by atoms with Crippen molar-refractivity contribution in [3.8, 4) is 11.3 Å². The summed E-state index contributed by atoms with van der Waals surface area (Å²) in [7, 11) is 2.06. The van der Waals surface area contributed by atoms with E-state index in [1.807, 2.05) is 12.1 Å². The molecule has 0 N–H and O–H groups in total. The van der Waals surface area contributed by atoms with Crippen LogP contribution in [-0.4, -0.2) is 46.8 Å². The highest BCUT2D eigenvalue weighted by Gasteiger charge is 2.24. The summed E-state index contributed by atoms with van der Waals surface area (Å²) in [4.78, 5) is 11.0. The van der Waals surface area contributed by atoms with Gasteiger partial charge in [-0.3, -0.25) is 0 Å². The Morgan fingerprint density at radius 3 is 2.77 bits per heavy atom. The minimum Gasteiger partial charge on any atom is -0.441 e. The lowest BCUT2D eigenvalue weighted by molar-refractivity contribution is -0.0264. The van der Waals surface area contributed by atoms with E-state index >= 15 is 0 Å². The summed E-state index contributed by atoms with van der Waals surface area (Å²) >= 11 is 0. The normalized spacial score (nSPS) is 18.3. The molecule has 4 rings (SSSR count). The molecule has 1 saturated heterocycles. The molecular formula is C19H22N4O3. The van der Waals surface area contributed by atoms with E-state index in [2.05, 4.69) is 46.1 Å². The lowest BCUT2D eigenvalue weighted by Crippen LogP contribution is -2.35. The lowest BCUT2D eigenvalue weighted by atomic mass is 10.1. The molecule has 1 aromatic carbocycles. The zero-order valence-corrected chi connectivity index (χ0v) is 15.0. The van der Waals surface area contributed by atoms with Crippen LogP contribution in [0.2, 0.25) is 0 Å². The van der Waals surface area contributed by atoms with Crippen molar-refractivity contribution in [2.45, 2.75) is 25.9 Å². The molecule has 0 saturated carbocycles. The van der Waals surface area contributed by atoms with E-state index < -0.39 is 0 Å². The van der Waals surface area contributed by atoms with Crippen molar-refractivity contribution in [3.63, 3.8) is 0 Å². The van der Waals surface area contributed by atoms with Crippen LogP contribution in [0.25, 0.3) is 11.3 Å². The van der Waals surface area contributed by atoms with Gasteiger partial charge in [-0.05, 0) is 14.0 Å². The topological polar surface area (TPSA) is 77.4 Å². The standard InChI is InChI=1S/C19H22N4O3/c1-13-3-5-14(6-4-13)15-11-20-17(25-15)7-8-18-21-19(22-26-18)16-12-23(2)9-10-24-16/h3-6,11,16H,7-10,12H2,1-2H3. The van der Waals surface area contributed by atoms with Crippen LogP contribution in [0.3, 0.4) is 0 Å². The van der Waals surface area contributed by atoms with Gasteiger partial charge in [0.05, 0.1) is 12.8 Å². The maximum Gasteiger partial charge on any atom is 0.227 e. The fourth-order valence-electron chi connectivity index (χ4n) is 2.93. The van der Waals surface area contributed by atoms with Gasteiger partial charge < -0.3 is 18.6 Å². The number of oxazole rings is 1. The Balaban J connectivity index is 1.37. The Bertz CT molecular complexity index is 856. The second-order valence-electron chi connectivity index (χ2n) is 6.65. The van der Waals surface area contributed by atoms with Gasteiger partial charge >= 0.3 is 0 Å². The van der Waals surface area contributed by atoms with Crippen LogP contribution >= 0.6 is 0 Å². The SMILES string of the molecule is Cc1ccc(-c2cnc(CCc3nc(C4CN(C)CCO4)no3)o2)cc1. The monoisotopic (exact) mass is 354 g/mol. The summed E-state index contributed by atoms with van der Waals surface area (Å²) in [5.74, 6) is 2.62. The Morgan fingerprint density at radius 1 is 1.15 bits per heavy atom. The van der Waals surface area contributed by atoms with E-state index in [0.717, 1.165) is 24.4 Å². The first-order valence-corrected chi connectivity index (χ1v) is 8.82. The summed E-state index contributed by atoms with van der Waals surface area (Å²) in [6.45, 7) is 4.45. The predicted molar refractivity (Wildman–Crippen MR) is 94.6 cm³/mol. The van der Waals surface area contributed by atoms with Gasteiger partial charge in [0.15, 0.2) is 11.7 Å². The third-order valence-corrected chi connectivity index (χ3v) is 4.48. The minimum atomic E-state index is -0.124. The van der Waals surface area contributed by atoms with E-state index in [-0.39, 0.29) is 6.10 Å². The van der Waals surface area contributed by atoms with Crippen LogP contribution in [0, 0.1) is 6.92 Å². The molecule has 3 aromatic rings. The Labute approximate surface area is 152 Å². The first-order valence-electron chi connectivity index (χ1n) is 8.82. The van der Waals surface area contributed by atoms with Crippen molar-refractivity contribution in [2.75, 3.05) is 26.7 Å². The highest BCUT2D eigenvalue weighted by molar-refractivity contribution is 5.56. The zero-order valence-electron chi connectivity index (χ0n) is 15.0. The quantitative estimate of drug-likeness (QED) is 0.697. The smallest absolute Gasteiger partial charge is 0.227 e. The second kappa shape index (κ2) is 7.39. The van der Waals surface area contributed by atoms with E-state index in [9.17, 15) is 0 Å². The van der Waals surface area contributed by atoms with Gasteiger partial charge in [0.25, 0.3) is 0 Å². The molecule has 1 aliphatic heterocycles. The molecule has 136 valence electrons. The molecule has 0 amide bonds.